The molecule has 1 saturated carbocycles. The Hall–Kier alpha value is -1.55. The number of carbonyl (C=O) groups excluding carboxylic acids is 1. The van der Waals surface area contributed by atoms with Gasteiger partial charge in [-0.15, -0.1) is 0 Å². The fraction of sp³-hybridized carbons (Fsp3) is 0.727. The van der Waals surface area contributed by atoms with Crippen molar-refractivity contribution in [2.75, 3.05) is 13.1 Å². The molecule has 1 aliphatic carbocycles. The van der Waals surface area contributed by atoms with E-state index in [9.17, 15) is 4.79 Å². The van der Waals surface area contributed by atoms with Crippen molar-refractivity contribution in [2.24, 2.45) is 5.41 Å². The standard InChI is InChI=1S/C11H15N3O/c1-2-14(8-4-7-12)10(15)11(9-13)5-3-6-11/h2-6,8H2,1H3. The predicted octanol–water partition coefficient (Wildman–Crippen LogP) is 1.44. The topological polar surface area (TPSA) is 67.9 Å². The molecule has 80 valence electrons. The second kappa shape index (κ2) is 4.79. The van der Waals surface area contributed by atoms with Crippen molar-refractivity contribution in [3.05, 3.63) is 0 Å². The zero-order valence-corrected chi connectivity index (χ0v) is 8.99. The molecule has 0 aromatic heterocycles. The summed E-state index contributed by atoms with van der Waals surface area (Å²) in [5.74, 6) is -0.0889. The van der Waals surface area contributed by atoms with E-state index in [0.717, 1.165) is 6.42 Å². The molecule has 0 N–H and O–H groups in total. The molecule has 4 heteroatoms. The molecule has 0 aliphatic heterocycles. The lowest BCUT2D eigenvalue weighted by molar-refractivity contribution is -0.142. The highest BCUT2D eigenvalue weighted by Gasteiger charge is 2.46. The van der Waals surface area contributed by atoms with Gasteiger partial charge in [0.15, 0.2) is 0 Å². The van der Waals surface area contributed by atoms with Gasteiger partial charge in [-0.05, 0) is 26.2 Å². The van der Waals surface area contributed by atoms with Crippen LogP contribution >= 0.6 is 0 Å². The average Bonchev–Trinajstić information content (AvgIpc) is 2.18. The molecule has 1 aliphatic rings. The van der Waals surface area contributed by atoms with Gasteiger partial charge in [0.05, 0.1) is 18.6 Å². The minimum absolute atomic E-state index is 0.0889. The fourth-order valence-electron chi connectivity index (χ4n) is 1.79. The highest BCUT2D eigenvalue weighted by atomic mass is 16.2. The first-order valence-corrected chi connectivity index (χ1v) is 5.28. The van der Waals surface area contributed by atoms with E-state index >= 15 is 0 Å². The van der Waals surface area contributed by atoms with Crippen molar-refractivity contribution in [2.45, 2.75) is 32.6 Å². The van der Waals surface area contributed by atoms with E-state index in [0.29, 0.717) is 32.4 Å². The third-order valence-corrected chi connectivity index (χ3v) is 2.99. The Kier molecular flexibility index (Phi) is 3.68. The Labute approximate surface area is 90.1 Å². The molecule has 0 aromatic carbocycles. The lowest BCUT2D eigenvalue weighted by atomic mass is 9.69. The number of rotatable bonds is 4. The Bertz CT molecular complexity index is 320. The first kappa shape index (κ1) is 11.5. The van der Waals surface area contributed by atoms with Gasteiger partial charge in [-0.1, -0.05) is 0 Å². The van der Waals surface area contributed by atoms with E-state index < -0.39 is 5.41 Å². The second-order valence-electron chi connectivity index (χ2n) is 3.84. The van der Waals surface area contributed by atoms with Crippen molar-refractivity contribution in [1.29, 1.82) is 10.5 Å². The van der Waals surface area contributed by atoms with Crippen LogP contribution in [0, 0.1) is 28.1 Å². The van der Waals surface area contributed by atoms with E-state index in [1.807, 2.05) is 13.0 Å². The van der Waals surface area contributed by atoms with Crippen LogP contribution < -0.4 is 0 Å². The van der Waals surface area contributed by atoms with Gasteiger partial charge in [0.1, 0.15) is 5.41 Å². The SMILES string of the molecule is CCN(CCC#N)C(=O)C1(C#N)CCC1. The molecular formula is C11H15N3O. The van der Waals surface area contributed by atoms with Crippen molar-refractivity contribution in [3.63, 3.8) is 0 Å². The van der Waals surface area contributed by atoms with Gasteiger partial charge >= 0.3 is 0 Å². The molecule has 0 atom stereocenters. The lowest BCUT2D eigenvalue weighted by Gasteiger charge is -2.37. The van der Waals surface area contributed by atoms with Crippen LogP contribution in [-0.2, 0) is 4.79 Å². The summed E-state index contributed by atoms with van der Waals surface area (Å²) in [6.07, 6.45) is 2.63. The molecular weight excluding hydrogens is 190 g/mol. The summed E-state index contributed by atoms with van der Waals surface area (Å²) in [4.78, 5) is 13.6. The Balaban J connectivity index is 2.65. The number of hydrogen-bond donors (Lipinski definition) is 0. The zero-order chi connectivity index (χ0) is 11.3. The van der Waals surface area contributed by atoms with Crippen LogP contribution in [0.4, 0.5) is 0 Å². The maximum absolute atomic E-state index is 12.0. The first-order valence-electron chi connectivity index (χ1n) is 5.28. The van der Waals surface area contributed by atoms with Crippen LogP contribution in [0.15, 0.2) is 0 Å². The predicted molar refractivity (Wildman–Crippen MR) is 54.4 cm³/mol. The second-order valence-corrected chi connectivity index (χ2v) is 3.84. The number of nitrogens with zero attached hydrogens (tertiary/aromatic N) is 3. The first-order chi connectivity index (χ1) is 7.20. The van der Waals surface area contributed by atoms with Crippen molar-refractivity contribution in [3.8, 4) is 12.1 Å². The molecule has 0 spiro atoms. The largest absolute Gasteiger partial charge is 0.341 e. The van der Waals surface area contributed by atoms with Gasteiger partial charge in [-0.3, -0.25) is 4.79 Å². The van der Waals surface area contributed by atoms with Crippen LogP contribution in [0.3, 0.4) is 0 Å². The number of hydrogen-bond acceptors (Lipinski definition) is 3. The van der Waals surface area contributed by atoms with E-state index in [2.05, 4.69) is 6.07 Å². The Morgan fingerprint density at radius 3 is 2.47 bits per heavy atom. The summed E-state index contributed by atoms with van der Waals surface area (Å²) in [5.41, 5.74) is -0.772. The average molecular weight is 205 g/mol. The molecule has 0 bridgehead atoms. The summed E-state index contributed by atoms with van der Waals surface area (Å²) in [6.45, 7) is 2.89. The fourth-order valence-corrected chi connectivity index (χ4v) is 1.79. The Morgan fingerprint density at radius 1 is 1.47 bits per heavy atom. The van der Waals surface area contributed by atoms with Gasteiger partial charge in [-0.2, -0.15) is 10.5 Å². The molecule has 0 unspecified atom stereocenters. The van der Waals surface area contributed by atoms with Crippen LogP contribution in [-0.4, -0.2) is 23.9 Å². The van der Waals surface area contributed by atoms with Crippen LogP contribution in [0.5, 0.6) is 0 Å². The summed E-state index contributed by atoms with van der Waals surface area (Å²) < 4.78 is 0. The maximum atomic E-state index is 12.0. The van der Waals surface area contributed by atoms with Gasteiger partial charge in [0.2, 0.25) is 5.91 Å². The minimum Gasteiger partial charge on any atom is -0.341 e. The smallest absolute Gasteiger partial charge is 0.243 e. The molecule has 0 saturated heterocycles. The molecule has 0 radical (unpaired) electrons. The van der Waals surface area contributed by atoms with E-state index in [-0.39, 0.29) is 5.91 Å². The molecule has 4 nitrogen and oxygen atoms in total. The summed E-state index contributed by atoms with van der Waals surface area (Å²) in [7, 11) is 0. The van der Waals surface area contributed by atoms with Gasteiger partial charge in [0, 0.05) is 13.1 Å². The molecule has 0 heterocycles. The van der Waals surface area contributed by atoms with Gasteiger partial charge in [-0.25, -0.2) is 0 Å². The van der Waals surface area contributed by atoms with E-state index in [4.69, 9.17) is 10.5 Å². The zero-order valence-electron chi connectivity index (χ0n) is 8.99. The summed E-state index contributed by atoms with van der Waals surface area (Å²) in [6, 6.07) is 4.15. The van der Waals surface area contributed by atoms with Crippen molar-refractivity contribution >= 4 is 5.91 Å². The third kappa shape index (κ3) is 2.10. The Morgan fingerprint density at radius 2 is 2.13 bits per heavy atom. The number of amides is 1. The van der Waals surface area contributed by atoms with Crippen LogP contribution in [0.1, 0.15) is 32.6 Å². The van der Waals surface area contributed by atoms with E-state index in [1.54, 1.807) is 4.90 Å². The van der Waals surface area contributed by atoms with Crippen LogP contribution in [0.2, 0.25) is 0 Å². The number of carbonyl (C=O) groups is 1. The van der Waals surface area contributed by atoms with Gasteiger partial charge < -0.3 is 4.90 Å². The van der Waals surface area contributed by atoms with Gasteiger partial charge in [0.25, 0.3) is 0 Å². The monoisotopic (exact) mass is 205 g/mol. The molecule has 1 fully saturated rings. The molecule has 0 aromatic rings. The van der Waals surface area contributed by atoms with E-state index in [1.165, 1.54) is 0 Å². The molecule has 1 amide bonds. The highest BCUT2D eigenvalue weighted by molar-refractivity contribution is 5.86. The summed E-state index contributed by atoms with van der Waals surface area (Å²) >= 11 is 0. The highest BCUT2D eigenvalue weighted by Crippen LogP contribution is 2.41. The number of nitriles is 2. The van der Waals surface area contributed by atoms with Crippen molar-refractivity contribution < 1.29 is 4.79 Å². The summed E-state index contributed by atoms with van der Waals surface area (Å²) in [5, 5.41) is 17.5. The molecule has 15 heavy (non-hydrogen) atoms. The third-order valence-electron chi connectivity index (χ3n) is 2.99. The quantitative estimate of drug-likeness (QED) is 0.697. The minimum atomic E-state index is -0.772. The molecule has 1 rings (SSSR count). The lowest BCUT2D eigenvalue weighted by Crippen LogP contribution is -2.47. The van der Waals surface area contributed by atoms with Crippen LogP contribution in [0.25, 0.3) is 0 Å². The van der Waals surface area contributed by atoms with Crippen molar-refractivity contribution in [1.82, 2.24) is 4.90 Å². The maximum Gasteiger partial charge on any atom is 0.243 e. The normalized spacial score (nSPS) is 17.0.